The van der Waals surface area contributed by atoms with Crippen molar-refractivity contribution in [3.8, 4) is 0 Å². The molecule has 1 aromatic carbocycles. The Morgan fingerprint density at radius 3 is 2.71 bits per heavy atom. The molecule has 0 aliphatic carbocycles. The monoisotopic (exact) mass is 246 g/mol. The molecule has 0 aliphatic heterocycles. The Hall–Kier alpha value is -1.12. The van der Waals surface area contributed by atoms with Crippen molar-refractivity contribution in [1.29, 1.82) is 0 Å². The zero-order chi connectivity index (χ0) is 12.3. The van der Waals surface area contributed by atoms with Gasteiger partial charge in [-0.25, -0.2) is 0 Å². The summed E-state index contributed by atoms with van der Waals surface area (Å²) in [5, 5.41) is 12.2. The summed E-state index contributed by atoms with van der Waals surface area (Å²) in [5.41, 5.74) is 3.67. The fraction of sp³-hybridized carbons (Fsp3) is 0.333. The lowest BCUT2D eigenvalue weighted by atomic mass is 10.0. The van der Waals surface area contributed by atoms with E-state index >= 15 is 0 Å². The molecule has 0 fully saturated rings. The van der Waals surface area contributed by atoms with Crippen LogP contribution in [0.5, 0.6) is 0 Å². The molecule has 2 rings (SSSR count). The Morgan fingerprint density at radius 2 is 2.06 bits per heavy atom. The maximum Gasteiger partial charge on any atom is 0.0803 e. The molecule has 2 heteroatoms. The lowest BCUT2D eigenvalue weighted by molar-refractivity contribution is 0.167. The Balaban J connectivity index is 1.97. The first-order valence-electron chi connectivity index (χ1n) is 5.94. The van der Waals surface area contributed by atoms with Gasteiger partial charge in [-0.15, -0.1) is 11.3 Å². The van der Waals surface area contributed by atoms with Crippen LogP contribution in [0.4, 0.5) is 0 Å². The first kappa shape index (κ1) is 12.3. The zero-order valence-electron chi connectivity index (χ0n) is 10.3. The molecule has 0 saturated heterocycles. The van der Waals surface area contributed by atoms with Gasteiger partial charge < -0.3 is 5.11 Å². The molecule has 0 bridgehead atoms. The molecular weight excluding hydrogens is 228 g/mol. The Morgan fingerprint density at radius 1 is 1.24 bits per heavy atom. The van der Waals surface area contributed by atoms with E-state index in [1.807, 2.05) is 11.4 Å². The largest absolute Gasteiger partial charge is 0.388 e. The first-order chi connectivity index (χ1) is 8.16. The Labute approximate surface area is 107 Å². The normalized spacial score (nSPS) is 12.6. The number of benzene rings is 1. The molecule has 1 nitrogen and oxygen atoms in total. The van der Waals surface area contributed by atoms with Gasteiger partial charge in [0.05, 0.1) is 6.10 Å². The summed E-state index contributed by atoms with van der Waals surface area (Å²) >= 11 is 1.70. The van der Waals surface area contributed by atoms with Crippen molar-refractivity contribution in [2.24, 2.45) is 0 Å². The topological polar surface area (TPSA) is 20.2 Å². The molecular formula is C15H18OS. The maximum atomic E-state index is 10.1. The summed E-state index contributed by atoms with van der Waals surface area (Å²) in [7, 11) is 0. The van der Waals surface area contributed by atoms with Crippen molar-refractivity contribution in [2.75, 3.05) is 0 Å². The summed E-state index contributed by atoms with van der Waals surface area (Å²) in [4.78, 5) is 1.22. The van der Waals surface area contributed by atoms with Crippen molar-refractivity contribution in [3.05, 3.63) is 57.3 Å². The second-order valence-electron chi connectivity index (χ2n) is 4.48. The number of aliphatic hydroxyl groups is 1. The standard InChI is InChI=1S/C15H18OS/c1-11-4-3-5-13(10-11)6-7-15(16)14-8-9-17-12(14)2/h3-5,8-10,15-16H,6-7H2,1-2H3. The highest BCUT2D eigenvalue weighted by molar-refractivity contribution is 7.10. The van der Waals surface area contributed by atoms with Crippen LogP contribution in [0.15, 0.2) is 35.7 Å². The third-order valence-electron chi connectivity index (χ3n) is 3.05. The highest BCUT2D eigenvalue weighted by atomic mass is 32.1. The van der Waals surface area contributed by atoms with Crippen LogP contribution < -0.4 is 0 Å². The van der Waals surface area contributed by atoms with Gasteiger partial charge in [-0.2, -0.15) is 0 Å². The third-order valence-corrected chi connectivity index (χ3v) is 3.91. The van der Waals surface area contributed by atoms with Crippen molar-refractivity contribution in [1.82, 2.24) is 0 Å². The van der Waals surface area contributed by atoms with E-state index < -0.39 is 0 Å². The number of rotatable bonds is 4. The molecule has 17 heavy (non-hydrogen) atoms. The Bertz CT molecular complexity index is 487. The number of hydrogen-bond donors (Lipinski definition) is 1. The fourth-order valence-corrected chi connectivity index (χ4v) is 2.83. The van der Waals surface area contributed by atoms with Gasteiger partial charge in [0.1, 0.15) is 0 Å². The van der Waals surface area contributed by atoms with Crippen LogP contribution in [0.25, 0.3) is 0 Å². The van der Waals surface area contributed by atoms with E-state index in [1.54, 1.807) is 11.3 Å². The summed E-state index contributed by atoms with van der Waals surface area (Å²) in [6.07, 6.45) is 1.39. The summed E-state index contributed by atoms with van der Waals surface area (Å²) in [6.45, 7) is 4.17. The minimum Gasteiger partial charge on any atom is -0.388 e. The van der Waals surface area contributed by atoms with E-state index in [-0.39, 0.29) is 6.10 Å². The van der Waals surface area contributed by atoms with Gasteiger partial charge in [0.2, 0.25) is 0 Å². The van der Waals surface area contributed by atoms with Gasteiger partial charge in [0.25, 0.3) is 0 Å². The SMILES string of the molecule is Cc1cccc(CCC(O)c2ccsc2C)c1. The number of hydrogen-bond acceptors (Lipinski definition) is 2. The van der Waals surface area contributed by atoms with Crippen molar-refractivity contribution in [3.63, 3.8) is 0 Å². The van der Waals surface area contributed by atoms with Crippen LogP contribution >= 0.6 is 11.3 Å². The van der Waals surface area contributed by atoms with Crippen molar-refractivity contribution < 1.29 is 5.11 Å². The second-order valence-corrected chi connectivity index (χ2v) is 5.60. The molecule has 1 unspecified atom stereocenters. The van der Waals surface area contributed by atoms with Gasteiger partial charge in [0.15, 0.2) is 0 Å². The molecule has 2 aromatic rings. The summed E-state index contributed by atoms with van der Waals surface area (Å²) in [6, 6.07) is 10.5. The van der Waals surface area contributed by atoms with E-state index in [0.717, 1.165) is 18.4 Å². The van der Waals surface area contributed by atoms with E-state index in [9.17, 15) is 5.11 Å². The molecule has 0 saturated carbocycles. The molecule has 0 radical (unpaired) electrons. The average molecular weight is 246 g/mol. The number of thiophene rings is 1. The quantitative estimate of drug-likeness (QED) is 0.863. The van der Waals surface area contributed by atoms with Crippen molar-refractivity contribution in [2.45, 2.75) is 32.8 Å². The van der Waals surface area contributed by atoms with Crippen LogP contribution in [-0.4, -0.2) is 5.11 Å². The van der Waals surface area contributed by atoms with Crippen LogP contribution in [-0.2, 0) is 6.42 Å². The van der Waals surface area contributed by atoms with Gasteiger partial charge in [-0.05, 0) is 49.3 Å². The summed E-state index contributed by atoms with van der Waals surface area (Å²) < 4.78 is 0. The number of aryl methyl sites for hydroxylation is 3. The molecule has 1 heterocycles. The summed E-state index contributed by atoms with van der Waals surface area (Å²) in [5.74, 6) is 0. The predicted octanol–water partition coefficient (Wildman–Crippen LogP) is 4.03. The van der Waals surface area contributed by atoms with E-state index in [0.29, 0.717) is 0 Å². The average Bonchev–Trinajstić information content (AvgIpc) is 2.72. The highest BCUT2D eigenvalue weighted by Gasteiger charge is 2.11. The van der Waals surface area contributed by atoms with E-state index in [1.165, 1.54) is 16.0 Å². The Kier molecular flexibility index (Phi) is 3.97. The van der Waals surface area contributed by atoms with Crippen LogP contribution in [0.1, 0.15) is 34.1 Å². The molecule has 1 aromatic heterocycles. The predicted molar refractivity (Wildman–Crippen MR) is 73.5 cm³/mol. The lowest BCUT2D eigenvalue weighted by Gasteiger charge is -2.10. The molecule has 0 spiro atoms. The lowest BCUT2D eigenvalue weighted by Crippen LogP contribution is -1.99. The molecule has 0 amide bonds. The minimum atomic E-state index is -0.332. The number of aliphatic hydroxyl groups excluding tert-OH is 1. The van der Waals surface area contributed by atoms with Crippen molar-refractivity contribution >= 4 is 11.3 Å². The van der Waals surface area contributed by atoms with E-state index in [2.05, 4.69) is 38.1 Å². The maximum absolute atomic E-state index is 10.1. The van der Waals surface area contributed by atoms with Crippen LogP contribution in [0.3, 0.4) is 0 Å². The minimum absolute atomic E-state index is 0.332. The van der Waals surface area contributed by atoms with Crippen LogP contribution in [0.2, 0.25) is 0 Å². The smallest absolute Gasteiger partial charge is 0.0803 e. The zero-order valence-corrected chi connectivity index (χ0v) is 11.1. The molecule has 1 atom stereocenters. The van der Waals surface area contributed by atoms with Gasteiger partial charge >= 0.3 is 0 Å². The van der Waals surface area contributed by atoms with Gasteiger partial charge in [-0.3, -0.25) is 0 Å². The highest BCUT2D eigenvalue weighted by Crippen LogP contribution is 2.26. The third kappa shape index (κ3) is 3.18. The molecule has 1 N–H and O–H groups in total. The van der Waals surface area contributed by atoms with Crippen LogP contribution in [0, 0.1) is 13.8 Å². The van der Waals surface area contributed by atoms with E-state index in [4.69, 9.17) is 0 Å². The second kappa shape index (κ2) is 5.48. The van der Waals surface area contributed by atoms with Gasteiger partial charge in [-0.1, -0.05) is 29.8 Å². The fourth-order valence-electron chi connectivity index (χ4n) is 2.07. The molecule has 0 aliphatic rings. The van der Waals surface area contributed by atoms with Gasteiger partial charge in [0, 0.05) is 4.88 Å². The first-order valence-corrected chi connectivity index (χ1v) is 6.82. The molecule has 90 valence electrons.